The number of nitrogens with two attached hydrogens (primary N) is 1. The second-order valence-corrected chi connectivity index (χ2v) is 7.03. The molecular formula is C17H23NS. The van der Waals surface area contributed by atoms with Crippen LogP contribution in [0.4, 0.5) is 0 Å². The Balaban J connectivity index is 1.80. The first kappa shape index (κ1) is 13.1. The predicted octanol–water partition coefficient (Wildman–Crippen LogP) is 5.12. The van der Waals surface area contributed by atoms with E-state index in [0.717, 1.165) is 5.92 Å². The zero-order valence-electron chi connectivity index (χ0n) is 11.6. The summed E-state index contributed by atoms with van der Waals surface area (Å²) in [6.45, 7) is 2.32. The lowest BCUT2D eigenvalue weighted by molar-refractivity contribution is 0.232. The van der Waals surface area contributed by atoms with E-state index in [1.165, 1.54) is 47.1 Å². The summed E-state index contributed by atoms with van der Waals surface area (Å²) in [5.41, 5.74) is 6.56. The van der Waals surface area contributed by atoms with Gasteiger partial charge in [0.25, 0.3) is 0 Å². The molecule has 1 nitrogen and oxygen atoms in total. The molecule has 102 valence electrons. The molecule has 2 heteroatoms. The lowest BCUT2D eigenvalue weighted by atomic mass is 9.77. The molecule has 3 unspecified atom stereocenters. The van der Waals surface area contributed by atoms with Gasteiger partial charge in [-0.25, -0.2) is 0 Å². The largest absolute Gasteiger partial charge is 0.323 e. The maximum absolute atomic E-state index is 6.56. The topological polar surface area (TPSA) is 26.0 Å². The molecule has 1 fully saturated rings. The zero-order valence-corrected chi connectivity index (χ0v) is 12.5. The highest BCUT2D eigenvalue weighted by molar-refractivity contribution is 7.19. The first-order chi connectivity index (χ1) is 9.28. The average molecular weight is 273 g/mol. The quantitative estimate of drug-likeness (QED) is 0.825. The molecule has 0 aliphatic heterocycles. The van der Waals surface area contributed by atoms with E-state index in [4.69, 9.17) is 5.73 Å². The third kappa shape index (κ3) is 2.70. The SMILES string of the molecule is CCC1CCCC(C(N)c2cc3ccccc3s2)C1. The predicted molar refractivity (Wildman–Crippen MR) is 84.5 cm³/mol. The van der Waals surface area contributed by atoms with Crippen molar-refractivity contribution in [3.8, 4) is 0 Å². The monoisotopic (exact) mass is 273 g/mol. The molecule has 0 saturated heterocycles. The third-order valence-corrected chi connectivity index (χ3v) is 5.90. The summed E-state index contributed by atoms with van der Waals surface area (Å²) < 4.78 is 1.37. The molecule has 0 radical (unpaired) electrons. The summed E-state index contributed by atoms with van der Waals surface area (Å²) in [7, 11) is 0. The molecular weight excluding hydrogens is 250 g/mol. The molecule has 19 heavy (non-hydrogen) atoms. The van der Waals surface area contributed by atoms with E-state index in [0.29, 0.717) is 5.92 Å². The van der Waals surface area contributed by atoms with Gasteiger partial charge < -0.3 is 5.73 Å². The second-order valence-electron chi connectivity index (χ2n) is 5.91. The molecule has 1 aliphatic rings. The molecule has 1 aromatic carbocycles. The van der Waals surface area contributed by atoms with Crippen LogP contribution in [-0.4, -0.2) is 0 Å². The molecule has 1 heterocycles. The lowest BCUT2D eigenvalue weighted by Crippen LogP contribution is -2.26. The van der Waals surface area contributed by atoms with Gasteiger partial charge in [-0.3, -0.25) is 0 Å². The number of hydrogen-bond acceptors (Lipinski definition) is 2. The van der Waals surface area contributed by atoms with Crippen molar-refractivity contribution in [2.45, 2.75) is 45.1 Å². The van der Waals surface area contributed by atoms with Gasteiger partial charge in [0, 0.05) is 15.6 Å². The van der Waals surface area contributed by atoms with Gasteiger partial charge in [-0.1, -0.05) is 44.4 Å². The van der Waals surface area contributed by atoms with E-state index in [9.17, 15) is 0 Å². The summed E-state index contributed by atoms with van der Waals surface area (Å²) in [6, 6.07) is 11.2. The molecule has 3 atom stereocenters. The third-order valence-electron chi connectivity index (χ3n) is 4.68. The van der Waals surface area contributed by atoms with Gasteiger partial charge in [0.15, 0.2) is 0 Å². The summed E-state index contributed by atoms with van der Waals surface area (Å²) in [5.74, 6) is 1.59. The molecule has 3 rings (SSSR count). The van der Waals surface area contributed by atoms with Gasteiger partial charge in [0.2, 0.25) is 0 Å². The van der Waals surface area contributed by atoms with Crippen molar-refractivity contribution in [3.63, 3.8) is 0 Å². The molecule has 0 bridgehead atoms. The highest BCUT2D eigenvalue weighted by atomic mass is 32.1. The average Bonchev–Trinajstić information content (AvgIpc) is 2.90. The molecule has 1 aromatic heterocycles. The van der Waals surface area contributed by atoms with Crippen molar-refractivity contribution in [3.05, 3.63) is 35.2 Å². The first-order valence-corrected chi connectivity index (χ1v) is 8.33. The van der Waals surface area contributed by atoms with E-state index in [2.05, 4.69) is 37.3 Å². The Hall–Kier alpha value is -0.860. The van der Waals surface area contributed by atoms with Crippen molar-refractivity contribution in [2.24, 2.45) is 17.6 Å². The smallest absolute Gasteiger partial charge is 0.0418 e. The fourth-order valence-corrected chi connectivity index (χ4v) is 4.59. The van der Waals surface area contributed by atoms with Gasteiger partial charge >= 0.3 is 0 Å². The highest BCUT2D eigenvalue weighted by Crippen LogP contribution is 2.40. The van der Waals surface area contributed by atoms with E-state index < -0.39 is 0 Å². The van der Waals surface area contributed by atoms with E-state index in [1.807, 2.05) is 11.3 Å². The van der Waals surface area contributed by atoms with Crippen molar-refractivity contribution >= 4 is 21.4 Å². The Morgan fingerprint density at radius 2 is 2.16 bits per heavy atom. The molecule has 1 saturated carbocycles. The van der Waals surface area contributed by atoms with Crippen LogP contribution in [0.5, 0.6) is 0 Å². The fourth-order valence-electron chi connectivity index (χ4n) is 3.43. The zero-order chi connectivity index (χ0) is 13.2. The number of hydrogen-bond donors (Lipinski definition) is 1. The summed E-state index contributed by atoms with van der Waals surface area (Å²) in [6.07, 6.45) is 6.72. The van der Waals surface area contributed by atoms with Crippen LogP contribution in [0.2, 0.25) is 0 Å². The van der Waals surface area contributed by atoms with Crippen molar-refractivity contribution in [2.75, 3.05) is 0 Å². The van der Waals surface area contributed by atoms with E-state index >= 15 is 0 Å². The van der Waals surface area contributed by atoms with Crippen LogP contribution in [-0.2, 0) is 0 Å². The van der Waals surface area contributed by atoms with Crippen molar-refractivity contribution in [1.82, 2.24) is 0 Å². The summed E-state index contributed by atoms with van der Waals surface area (Å²) in [5, 5.41) is 1.35. The fraction of sp³-hybridized carbons (Fsp3) is 0.529. The number of thiophene rings is 1. The van der Waals surface area contributed by atoms with Gasteiger partial charge in [-0.2, -0.15) is 0 Å². The van der Waals surface area contributed by atoms with Gasteiger partial charge in [-0.15, -0.1) is 11.3 Å². The van der Waals surface area contributed by atoms with Gasteiger partial charge in [-0.05, 0) is 42.2 Å². The van der Waals surface area contributed by atoms with Crippen LogP contribution in [0.3, 0.4) is 0 Å². The van der Waals surface area contributed by atoms with Crippen molar-refractivity contribution in [1.29, 1.82) is 0 Å². The molecule has 2 N–H and O–H groups in total. The second kappa shape index (κ2) is 5.64. The summed E-state index contributed by atoms with van der Waals surface area (Å²) in [4.78, 5) is 1.38. The van der Waals surface area contributed by atoms with Crippen LogP contribution in [0.1, 0.15) is 49.9 Å². The Morgan fingerprint density at radius 1 is 1.32 bits per heavy atom. The Bertz CT molecular complexity index is 512. The molecule has 0 amide bonds. The number of fused-ring (bicyclic) bond motifs is 1. The normalized spacial score (nSPS) is 25.6. The maximum atomic E-state index is 6.56. The van der Waals surface area contributed by atoms with Crippen LogP contribution < -0.4 is 5.73 Å². The van der Waals surface area contributed by atoms with Crippen LogP contribution in [0.15, 0.2) is 30.3 Å². The van der Waals surface area contributed by atoms with Gasteiger partial charge in [0.1, 0.15) is 0 Å². The molecule has 2 aromatic rings. The first-order valence-electron chi connectivity index (χ1n) is 7.52. The maximum Gasteiger partial charge on any atom is 0.0418 e. The Labute approximate surface area is 119 Å². The van der Waals surface area contributed by atoms with Crippen LogP contribution in [0.25, 0.3) is 10.1 Å². The Morgan fingerprint density at radius 3 is 2.95 bits per heavy atom. The molecule has 0 spiro atoms. The van der Waals surface area contributed by atoms with E-state index in [1.54, 1.807) is 0 Å². The van der Waals surface area contributed by atoms with Crippen LogP contribution >= 0.6 is 11.3 Å². The Kier molecular flexibility index (Phi) is 3.90. The highest BCUT2D eigenvalue weighted by Gasteiger charge is 2.27. The minimum absolute atomic E-state index is 0.242. The number of benzene rings is 1. The standard InChI is InChI=1S/C17H23NS/c1-2-12-6-5-8-14(10-12)17(18)16-11-13-7-3-4-9-15(13)19-16/h3-4,7,9,11-12,14,17H,2,5-6,8,10,18H2,1H3. The minimum Gasteiger partial charge on any atom is -0.323 e. The van der Waals surface area contributed by atoms with Gasteiger partial charge in [0.05, 0.1) is 0 Å². The summed E-state index contributed by atoms with van der Waals surface area (Å²) >= 11 is 1.88. The van der Waals surface area contributed by atoms with Crippen molar-refractivity contribution < 1.29 is 0 Å². The van der Waals surface area contributed by atoms with Crippen LogP contribution in [0, 0.1) is 11.8 Å². The lowest BCUT2D eigenvalue weighted by Gasteiger charge is -2.32. The van der Waals surface area contributed by atoms with E-state index in [-0.39, 0.29) is 6.04 Å². The molecule has 1 aliphatic carbocycles. The minimum atomic E-state index is 0.242. The number of rotatable bonds is 3.